The summed E-state index contributed by atoms with van der Waals surface area (Å²) in [6.07, 6.45) is 17.2. The predicted molar refractivity (Wildman–Crippen MR) is 97.2 cm³/mol. The summed E-state index contributed by atoms with van der Waals surface area (Å²) in [7, 11) is 0. The normalized spacial score (nSPS) is 14.3. The van der Waals surface area contributed by atoms with Gasteiger partial charge in [0.2, 0.25) is 0 Å². The SMILES string of the molecule is CCCCCCCCCCCCCCC1=NCCN1CC(=O)O. The zero-order valence-corrected chi connectivity index (χ0v) is 15.1. The monoisotopic (exact) mass is 324 g/mol. The van der Waals surface area contributed by atoms with Crippen LogP contribution in [0.1, 0.15) is 90.4 Å². The molecule has 1 N–H and O–H groups in total. The Bertz CT molecular complexity index is 342. The molecule has 23 heavy (non-hydrogen) atoms. The van der Waals surface area contributed by atoms with Crippen molar-refractivity contribution in [3.05, 3.63) is 0 Å². The van der Waals surface area contributed by atoms with Crippen LogP contribution < -0.4 is 0 Å². The lowest BCUT2D eigenvalue weighted by molar-refractivity contribution is -0.137. The Labute approximate surface area is 142 Å². The van der Waals surface area contributed by atoms with Crippen LogP contribution in [0.15, 0.2) is 4.99 Å². The molecule has 0 spiro atoms. The highest BCUT2D eigenvalue weighted by Gasteiger charge is 2.18. The van der Waals surface area contributed by atoms with E-state index < -0.39 is 5.97 Å². The highest BCUT2D eigenvalue weighted by Crippen LogP contribution is 2.14. The van der Waals surface area contributed by atoms with E-state index in [2.05, 4.69) is 11.9 Å². The van der Waals surface area contributed by atoms with Gasteiger partial charge in [0.1, 0.15) is 6.54 Å². The fourth-order valence-electron chi connectivity index (χ4n) is 3.22. The van der Waals surface area contributed by atoms with E-state index in [1.54, 1.807) is 0 Å². The van der Waals surface area contributed by atoms with Gasteiger partial charge in [-0.15, -0.1) is 0 Å². The second-order valence-electron chi connectivity index (χ2n) is 6.75. The van der Waals surface area contributed by atoms with Crippen LogP contribution in [0, 0.1) is 0 Å². The Hall–Kier alpha value is -1.06. The summed E-state index contributed by atoms with van der Waals surface area (Å²) < 4.78 is 0. The van der Waals surface area contributed by atoms with E-state index >= 15 is 0 Å². The third-order valence-electron chi connectivity index (χ3n) is 4.61. The van der Waals surface area contributed by atoms with Crippen molar-refractivity contribution in [1.29, 1.82) is 0 Å². The number of hydrogen-bond acceptors (Lipinski definition) is 3. The van der Waals surface area contributed by atoms with Crippen molar-refractivity contribution in [1.82, 2.24) is 4.90 Å². The summed E-state index contributed by atoms with van der Waals surface area (Å²) in [6.45, 7) is 3.92. The first-order chi connectivity index (χ1) is 11.2. The number of unbranched alkanes of at least 4 members (excludes halogenated alkanes) is 11. The molecule has 4 nitrogen and oxygen atoms in total. The van der Waals surface area contributed by atoms with Gasteiger partial charge in [-0.05, 0) is 6.42 Å². The topological polar surface area (TPSA) is 52.9 Å². The number of nitrogens with zero attached hydrogens (tertiary/aromatic N) is 2. The lowest BCUT2D eigenvalue weighted by atomic mass is 10.0. The van der Waals surface area contributed by atoms with Crippen molar-refractivity contribution < 1.29 is 9.90 Å². The Balaban J connectivity index is 1.87. The number of hydrogen-bond donors (Lipinski definition) is 1. The number of carbonyl (C=O) groups is 1. The number of rotatable bonds is 15. The zero-order chi connectivity index (χ0) is 16.8. The van der Waals surface area contributed by atoms with Crippen LogP contribution in [0.2, 0.25) is 0 Å². The van der Waals surface area contributed by atoms with Crippen molar-refractivity contribution in [2.75, 3.05) is 19.6 Å². The highest BCUT2D eigenvalue weighted by molar-refractivity contribution is 5.86. The molecule has 1 heterocycles. The second-order valence-corrected chi connectivity index (χ2v) is 6.75. The van der Waals surface area contributed by atoms with E-state index in [1.807, 2.05) is 4.90 Å². The molecule has 0 fully saturated rings. The largest absolute Gasteiger partial charge is 0.480 e. The molecule has 0 bridgehead atoms. The molecular formula is C19H36N2O2. The average Bonchev–Trinajstić information content (AvgIpc) is 2.95. The van der Waals surface area contributed by atoms with Gasteiger partial charge >= 0.3 is 5.97 Å². The van der Waals surface area contributed by atoms with E-state index in [0.717, 1.165) is 31.8 Å². The molecule has 0 atom stereocenters. The van der Waals surface area contributed by atoms with Crippen molar-refractivity contribution in [2.24, 2.45) is 4.99 Å². The number of aliphatic imine (C=N–C) groups is 1. The summed E-state index contributed by atoms with van der Waals surface area (Å²) >= 11 is 0. The van der Waals surface area contributed by atoms with Crippen LogP contribution in [-0.2, 0) is 4.79 Å². The molecule has 1 aliphatic heterocycles. The molecule has 0 aromatic heterocycles. The van der Waals surface area contributed by atoms with Crippen LogP contribution >= 0.6 is 0 Å². The predicted octanol–water partition coefficient (Wildman–Crippen LogP) is 4.88. The summed E-state index contributed by atoms with van der Waals surface area (Å²) in [5.74, 6) is 0.258. The van der Waals surface area contributed by atoms with Crippen LogP contribution in [0.4, 0.5) is 0 Å². The first-order valence-electron chi connectivity index (χ1n) is 9.74. The Morgan fingerprint density at radius 3 is 2.00 bits per heavy atom. The molecule has 0 saturated carbocycles. The van der Waals surface area contributed by atoms with Gasteiger partial charge in [0.05, 0.1) is 12.4 Å². The minimum absolute atomic E-state index is 0.108. The molecule has 1 rings (SSSR count). The number of aliphatic carboxylic acids is 1. The van der Waals surface area contributed by atoms with E-state index in [1.165, 1.54) is 70.6 Å². The van der Waals surface area contributed by atoms with Crippen molar-refractivity contribution in [3.8, 4) is 0 Å². The van der Waals surface area contributed by atoms with E-state index in [9.17, 15) is 4.79 Å². The quantitative estimate of drug-likeness (QED) is 0.437. The van der Waals surface area contributed by atoms with Gasteiger partial charge in [-0.25, -0.2) is 0 Å². The smallest absolute Gasteiger partial charge is 0.323 e. The molecule has 0 saturated heterocycles. The van der Waals surface area contributed by atoms with Crippen LogP contribution in [0.5, 0.6) is 0 Å². The Kier molecular flexibility index (Phi) is 11.6. The van der Waals surface area contributed by atoms with Gasteiger partial charge in [0.15, 0.2) is 0 Å². The summed E-state index contributed by atoms with van der Waals surface area (Å²) in [5, 5.41) is 8.87. The highest BCUT2D eigenvalue weighted by atomic mass is 16.4. The van der Waals surface area contributed by atoms with Gasteiger partial charge in [0.25, 0.3) is 0 Å². The molecule has 134 valence electrons. The van der Waals surface area contributed by atoms with Crippen molar-refractivity contribution >= 4 is 11.8 Å². The van der Waals surface area contributed by atoms with Gasteiger partial charge in [-0.3, -0.25) is 9.79 Å². The van der Waals surface area contributed by atoms with E-state index in [4.69, 9.17) is 5.11 Å². The fraction of sp³-hybridized carbons (Fsp3) is 0.895. The standard InChI is InChI=1S/C19H36N2O2/c1-2-3-4-5-6-7-8-9-10-11-12-13-14-18-20-15-16-21(18)17-19(22)23/h2-17H2,1H3,(H,22,23). The maximum absolute atomic E-state index is 10.8. The summed E-state index contributed by atoms with van der Waals surface area (Å²) in [4.78, 5) is 17.1. The van der Waals surface area contributed by atoms with Gasteiger partial charge in [-0.2, -0.15) is 0 Å². The number of amidine groups is 1. The van der Waals surface area contributed by atoms with Crippen LogP contribution in [0.25, 0.3) is 0 Å². The lowest BCUT2D eigenvalue weighted by Gasteiger charge is -2.17. The second kappa shape index (κ2) is 13.4. The first-order valence-corrected chi connectivity index (χ1v) is 9.74. The maximum atomic E-state index is 10.8. The van der Waals surface area contributed by atoms with E-state index in [-0.39, 0.29) is 6.54 Å². The molecule has 1 aliphatic rings. The van der Waals surface area contributed by atoms with Crippen LogP contribution in [0.3, 0.4) is 0 Å². The molecule has 0 unspecified atom stereocenters. The third-order valence-corrected chi connectivity index (χ3v) is 4.61. The minimum atomic E-state index is -0.755. The van der Waals surface area contributed by atoms with Gasteiger partial charge in [0, 0.05) is 13.0 Å². The minimum Gasteiger partial charge on any atom is -0.480 e. The summed E-state index contributed by atoms with van der Waals surface area (Å²) in [6, 6.07) is 0. The van der Waals surface area contributed by atoms with E-state index in [0.29, 0.717) is 0 Å². The molecule has 0 aromatic carbocycles. The van der Waals surface area contributed by atoms with Gasteiger partial charge < -0.3 is 10.0 Å². The average molecular weight is 325 g/mol. The van der Waals surface area contributed by atoms with Crippen LogP contribution in [-0.4, -0.2) is 41.4 Å². The molecule has 0 amide bonds. The summed E-state index contributed by atoms with van der Waals surface area (Å²) in [5.41, 5.74) is 0. The zero-order valence-electron chi connectivity index (χ0n) is 15.1. The molecule has 4 heteroatoms. The van der Waals surface area contributed by atoms with Crippen molar-refractivity contribution in [2.45, 2.75) is 90.4 Å². The number of carboxylic acid groups (broad SMARTS) is 1. The Morgan fingerprint density at radius 2 is 1.48 bits per heavy atom. The van der Waals surface area contributed by atoms with Crippen molar-refractivity contribution in [3.63, 3.8) is 0 Å². The number of carboxylic acids is 1. The molecular weight excluding hydrogens is 288 g/mol. The van der Waals surface area contributed by atoms with Gasteiger partial charge in [-0.1, -0.05) is 77.6 Å². The third kappa shape index (κ3) is 10.4. The molecule has 0 aromatic rings. The Morgan fingerprint density at radius 1 is 0.957 bits per heavy atom. The lowest BCUT2D eigenvalue weighted by Crippen LogP contribution is -2.32. The maximum Gasteiger partial charge on any atom is 0.323 e. The molecule has 0 radical (unpaired) electrons. The fourth-order valence-corrected chi connectivity index (χ4v) is 3.22. The first kappa shape index (κ1) is 20.0. The molecule has 0 aliphatic carbocycles.